The molecule has 1 heterocycles. The number of rotatable bonds is 6. The molecule has 0 aliphatic heterocycles. The SMILES string of the molecule is CCC(O)(CC)CN(C)Cc1ncc(Cl)n1C. The third-order valence-corrected chi connectivity index (χ3v) is 3.67. The fourth-order valence-electron chi connectivity index (χ4n) is 1.84. The number of aliphatic hydroxyl groups is 1. The van der Waals surface area contributed by atoms with Gasteiger partial charge in [0.25, 0.3) is 0 Å². The molecule has 0 saturated carbocycles. The van der Waals surface area contributed by atoms with Crippen LogP contribution in [0, 0.1) is 0 Å². The normalized spacial score (nSPS) is 12.4. The first-order valence-electron chi connectivity index (χ1n) is 5.99. The van der Waals surface area contributed by atoms with Gasteiger partial charge in [0.2, 0.25) is 0 Å². The van der Waals surface area contributed by atoms with Crippen LogP contribution in [0.2, 0.25) is 5.15 Å². The Hall–Kier alpha value is -0.580. The second-order valence-electron chi connectivity index (χ2n) is 4.66. The van der Waals surface area contributed by atoms with Gasteiger partial charge in [-0.1, -0.05) is 25.4 Å². The molecule has 1 aromatic rings. The quantitative estimate of drug-likeness (QED) is 0.850. The average molecular weight is 260 g/mol. The summed E-state index contributed by atoms with van der Waals surface area (Å²) in [6.45, 7) is 5.35. The Kier molecular flexibility index (Phi) is 4.98. The first-order valence-corrected chi connectivity index (χ1v) is 6.36. The summed E-state index contributed by atoms with van der Waals surface area (Å²) in [6.07, 6.45) is 3.17. The molecule has 1 rings (SSSR count). The lowest BCUT2D eigenvalue weighted by molar-refractivity contribution is 0.000655. The molecule has 0 fully saturated rings. The standard InChI is InChI=1S/C12H22ClN3O/c1-5-12(17,6-2)9-15(3)8-11-14-7-10(13)16(11)4/h7,17H,5-6,8-9H2,1-4H3. The topological polar surface area (TPSA) is 41.3 Å². The largest absolute Gasteiger partial charge is 0.389 e. The Morgan fingerprint density at radius 1 is 1.47 bits per heavy atom. The molecule has 5 heteroatoms. The second kappa shape index (κ2) is 5.85. The summed E-state index contributed by atoms with van der Waals surface area (Å²) in [5, 5.41) is 10.9. The Morgan fingerprint density at radius 3 is 2.47 bits per heavy atom. The number of imidazole rings is 1. The third kappa shape index (κ3) is 3.69. The van der Waals surface area contributed by atoms with Crippen LogP contribution in [0.3, 0.4) is 0 Å². The van der Waals surface area contributed by atoms with Gasteiger partial charge in [0, 0.05) is 13.6 Å². The van der Waals surface area contributed by atoms with Crippen molar-refractivity contribution in [2.24, 2.45) is 7.05 Å². The van der Waals surface area contributed by atoms with E-state index in [1.165, 1.54) is 0 Å². The maximum Gasteiger partial charge on any atom is 0.128 e. The van der Waals surface area contributed by atoms with Crippen LogP contribution in [0.15, 0.2) is 6.20 Å². The van der Waals surface area contributed by atoms with Crippen molar-refractivity contribution in [2.45, 2.75) is 38.8 Å². The molecule has 4 nitrogen and oxygen atoms in total. The number of nitrogens with zero attached hydrogens (tertiary/aromatic N) is 3. The minimum absolute atomic E-state index is 0.607. The first-order chi connectivity index (χ1) is 7.91. The highest BCUT2D eigenvalue weighted by atomic mass is 35.5. The molecule has 98 valence electrons. The van der Waals surface area contributed by atoms with Gasteiger partial charge in [-0.3, -0.25) is 4.90 Å². The van der Waals surface area contributed by atoms with Crippen molar-refractivity contribution in [3.63, 3.8) is 0 Å². The van der Waals surface area contributed by atoms with Crippen LogP contribution in [0.4, 0.5) is 0 Å². The van der Waals surface area contributed by atoms with E-state index in [0.717, 1.165) is 18.7 Å². The summed E-state index contributed by atoms with van der Waals surface area (Å²) in [6, 6.07) is 0. The zero-order chi connectivity index (χ0) is 13.1. The Bertz CT molecular complexity index is 361. The maximum atomic E-state index is 10.3. The van der Waals surface area contributed by atoms with Crippen molar-refractivity contribution in [1.82, 2.24) is 14.5 Å². The molecule has 0 spiro atoms. The highest BCUT2D eigenvalue weighted by Crippen LogP contribution is 2.17. The smallest absolute Gasteiger partial charge is 0.128 e. The summed E-state index contributed by atoms with van der Waals surface area (Å²) in [7, 11) is 3.88. The van der Waals surface area contributed by atoms with Crippen LogP contribution < -0.4 is 0 Å². The lowest BCUT2D eigenvalue weighted by Crippen LogP contribution is -2.40. The predicted molar refractivity (Wildman–Crippen MR) is 70.1 cm³/mol. The minimum Gasteiger partial charge on any atom is -0.389 e. The van der Waals surface area contributed by atoms with Crippen LogP contribution in [0.5, 0.6) is 0 Å². The number of likely N-dealkylation sites (N-methyl/N-ethyl adjacent to an activating group) is 1. The van der Waals surface area contributed by atoms with E-state index < -0.39 is 5.60 Å². The van der Waals surface area contributed by atoms with Gasteiger partial charge in [-0.2, -0.15) is 0 Å². The fourth-order valence-corrected chi connectivity index (χ4v) is 1.99. The van der Waals surface area contributed by atoms with Crippen LogP contribution in [0.1, 0.15) is 32.5 Å². The van der Waals surface area contributed by atoms with E-state index in [9.17, 15) is 5.11 Å². The van der Waals surface area contributed by atoms with E-state index in [4.69, 9.17) is 11.6 Å². The van der Waals surface area contributed by atoms with Crippen LogP contribution in [-0.4, -0.2) is 38.8 Å². The monoisotopic (exact) mass is 259 g/mol. The van der Waals surface area contributed by atoms with Crippen molar-refractivity contribution in [3.05, 3.63) is 17.2 Å². The predicted octanol–water partition coefficient (Wildman–Crippen LogP) is 2.06. The molecule has 0 aromatic carbocycles. The van der Waals surface area contributed by atoms with Gasteiger partial charge in [0.1, 0.15) is 11.0 Å². The lowest BCUT2D eigenvalue weighted by atomic mass is 9.97. The first kappa shape index (κ1) is 14.5. The van der Waals surface area contributed by atoms with Crippen LogP contribution in [-0.2, 0) is 13.6 Å². The summed E-state index contributed by atoms with van der Waals surface area (Å²) < 4.78 is 1.86. The fraction of sp³-hybridized carbons (Fsp3) is 0.750. The number of halogens is 1. The van der Waals surface area contributed by atoms with E-state index in [2.05, 4.69) is 9.88 Å². The van der Waals surface area contributed by atoms with E-state index in [1.54, 1.807) is 6.20 Å². The second-order valence-corrected chi connectivity index (χ2v) is 5.05. The number of hydrogen-bond acceptors (Lipinski definition) is 3. The van der Waals surface area contributed by atoms with Gasteiger partial charge in [-0.15, -0.1) is 0 Å². The van der Waals surface area contributed by atoms with E-state index in [0.29, 0.717) is 18.2 Å². The zero-order valence-corrected chi connectivity index (χ0v) is 11.8. The van der Waals surface area contributed by atoms with E-state index in [-0.39, 0.29) is 0 Å². The van der Waals surface area contributed by atoms with Crippen LogP contribution in [0.25, 0.3) is 0 Å². The average Bonchev–Trinajstić information content (AvgIpc) is 2.60. The molecule has 0 atom stereocenters. The molecular weight excluding hydrogens is 238 g/mol. The van der Waals surface area contributed by atoms with Gasteiger partial charge in [-0.25, -0.2) is 4.98 Å². The summed E-state index contributed by atoms with van der Waals surface area (Å²) in [4.78, 5) is 6.32. The van der Waals surface area contributed by atoms with Crippen molar-refractivity contribution in [2.75, 3.05) is 13.6 Å². The molecule has 17 heavy (non-hydrogen) atoms. The van der Waals surface area contributed by atoms with Crippen molar-refractivity contribution in [1.29, 1.82) is 0 Å². The highest BCUT2D eigenvalue weighted by molar-refractivity contribution is 6.29. The Balaban J connectivity index is 2.61. The molecule has 0 radical (unpaired) electrons. The molecular formula is C12H22ClN3O. The summed E-state index contributed by atoms with van der Waals surface area (Å²) in [5.41, 5.74) is -0.607. The molecule has 1 aromatic heterocycles. The summed E-state index contributed by atoms with van der Waals surface area (Å²) in [5.74, 6) is 0.909. The van der Waals surface area contributed by atoms with Gasteiger partial charge in [0.15, 0.2) is 0 Å². The number of aromatic nitrogens is 2. The molecule has 0 aliphatic rings. The molecule has 0 saturated heterocycles. The van der Waals surface area contributed by atoms with Gasteiger partial charge >= 0.3 is 0 Å². The molecule has 0 unspecified atom stereocenters. The number of hydrogen-bond donors (Lipinski definition) is 1. The summed E-state index contributed by atoms with van der Waals surface area (Å²) >= 11 is 5.93. The van der Waals surface area contributed by atoms with Crippen molar-refractivity contribution >= 4 is 11.6 Å². The Labute approximate surface area is 108 Å². The van der Waals surface area contributed by atoms with Crippen LogP contribution >= 0.6 is 11.6 Å². The van der Waals surface area contributed by atoms with Crippen molar-refractivity contribution < 1.29 is 5.11 Å². The molecule has 0 amide bonds. The van der Waals surface area contributed by atoms with Gasteiger partial charge in [0.05, 0.1) is 18.3 Å². The third-order valence-electron chi connectivity index (χ3n) is 3.32. The molecule has 1 N–H and O–H groups in total. The minimum atomic E-state index is -0.607. The highest BCUT2D eigenvalue weighted by Gasteiger charge is 2.24. The lowest BCUT2D eigenvalue weighted by Gasteiger charge is -2.30. The van der Waals surface area contributed by atoms with Gasteiger partial charge < -0.3 is 9.67 Å². The molecule has 0 bridgehead atoms. The van der Waals surface area contributed by atoms with Crippen molar-refractivity contribution in [3.8, 4) is 0 Å². The van der Waals surface area contributed by atoms with E-state index in [1.807, 2.05) is 32.5 Å². The zero-order valence-electron chi connectivity index (χ0n) is 11.1. The molecule has 0 aliphatic carbocycles. The van der Waals surface area contributed by atoms with E-state index >= 15 is 0 Å². The Morgan fingerprint density at radius 2 is 2.06 bits per heavy atom. The maximum absolute atomic E-state index is 10.3. The van der Waals surface area contributed by atoms with Gasteiger partial charge in [-0.05, 0) is 19.9 Å².